The fourth-order valence-electron chi connectivity index (χ4n) is 1.72. The first-order chi connectivity index (χ1) is 7.72. The average molecular weight is 244 g/mol. The van der Waals surface area contributed by atoms with Gasteiger partial charge in [0, 0.05) is 24.7 Å². The van der Waals surface area contributed by atoms with Crippen LogP contribution in [0, 0.1) is 0 Å². The summed E-state index contributed by atoms with van der Waals surface area (Å²) >= 11 is 5.91. The molecule has 16 heavy (non-hydrogen) atoms. The van der Waals surface area contributed by atoms with E-state index in [0.717, 1.165) is 6.54 Å². The third kappa shape index (κ3) is 2.24. The van der Waals surface area contributed by atoms with E-state index in [1.807, 2.05) is 0 Å². The quantitative estimate of drug-likeness (QED) is 0.831. The zero-order chi connectivity index (χ0) is 11.5. The average Bonchev–Trinajstić information content (AvgIpc) is 2.33. The molecule has 88 valence electrons. The number of phenolic OH excluding ortho intramolecular Hbond substituents is 1. The minimum atomic E-state index is -0.179. The number of phenols is 1. The Labute approximate surface area is 99.1 Å². The SMILES string of the molecule is COc1cc(Cl)c(O)c(C2CNCCO2)c1. The second-order valence-electron chi connectivity index (χ2n) is 3.61. The molecule has 2 rings (SSSR count). The van der Waals surface area contributed by atoms with Gasteiger partial charge in [0.05, 0.1) is 24.8 Å². The molecule has 1 aliphatic heterocycles. The van der Waals surface area contributed by atoms with Gasteiger partial charge in [0.25, 0.3) is 0 Å². The molecule has 5 heteroatoms. The van der Waals surface area contributed by atoms with Crippen molar-refractivity contribution in [1.29, 1.82) is 0 Å². The van der Waals surface area contributed by atoms with Gasteiger partial charge < -0.3 is 19.9 Å². The third-order valence-corrected chi connectivity index (χ3v) is 2.86. The van der Waals surface area contributed by atoms with E-state index in [4.69, 9.17) is 21.1 Å². The van der Waals surface area contributed by atoms with Gasteiger partial charge in [-0.3, -0.25) is 0 Å². The van der Waals surface area contributed by atoms with Crippen LogP contribution < -0.4 is 10.1 Å². The molecule has 1 heterocycles. The van der Waals surface area contributed by atoms with Crippen LogP contribution in [0.1, 0.15) is 11.7 Å². The maximum absolute atomic E-state index is 9.87. The van der Waals surface area contributed by atoms with E-state index in [0.29, 0.717) is 24.5 Å². The maximum Gasteiger partial charge on any atom is 0.140 e. The highest BCUT2D eigenvalue weighted by molar-refractivity contribution is 6.32. The Balaban J connectivity index is 2.33. The van der Waals surface area contributed by atoms with E-state index in [-0.39, 0.29) is 16.9 Å². The van der Waals surface area contributed by atoms with E-state index in [1.54, 1.807) is 19.2 Å². The number of aromatic hydroxyl groups is 1. The van der Waals surface area contributed by atoms with Gasteiger partial charge in [0.2, 0.25) is 0 Å². The van der Waals surface area contributed by atoms with Crippen molar-refractivity contribution in [3.8, 4) is 11.5 Å². The van der Waals surface area contributed by atoms with Crippen LogP contribution >= 0.6 is 11.6 Å². The summed E-state index contributed by atoms with van der Waals surface area (Å²) in [7, 11) is 1.56. The van der Waals surface area contributed by atoms with Gasteiger partial charge in [-0.2, -0.15) is 0 Å². The molecule has 0 saturated carbocycles. The van der Waals surface area contributed by atoms with Crippen molar-refractivity contribution in [3.63, 3.8) is 0 Å². The fourth-order valence-corrected chi connectivity index (χ4v) is 1.94. The molecule has 1 fully saturated rings. The second kappa shape index (κ2) is 4.91. The zero-order valence-electron chi connectivity index (χ0n) is 9.00. The van der Waals surface area contributed by atoms with Crippen molar-refractivity contribution in [2.45, 2.75) is 6.10 Å². The largest absolute Gasteiger partial charge is 0.506 e. The summed E-state index contributed by atoms with van der Waals surface area (Å²) < 4.78 is 10.7. The molecule has 1 aliphatic rings. The number of rotatable bonds is 2. The lowest BCUT2D eigenvalue weighted by molar-refractivity contribution is 0.0262. The smallest absolute Gasteiger partial charge is 0.140 e. The van der Waals surface area contributed by atoms with Gasteiger partial charge in [0.15, 0.2) is 0 Å². The number of hydrogen-bond donors (Lipinski definition) is 2. The molecule has 1 saturated heterocycles. The highest BCUT2D eigenvalue weighted by atomic mass is 35.5. The number of nitrogens with one attached hydrogen (secondary N) is 1. The van der Waals surface area contributed by atoms with Crippen LogP contribution in [-0.4, -0.2) is 31.9 Å². The molecular formula is C11H14ClNO3. The molecule has 1 unspecified atom stereocenters. The molecule has 0 spiro atoms. The standard InChI is InChI=1S/C11H14ClNO3/c1-15-7-4-8(11(14)9(12)5-7)10-6-13-2-3-16-10/h4-5,10,13-14H,2-3,6H2,1H3. The minimum absolute atomic E-state index is 0.0659. The summed E-state index contributed by atoms with van der Waals surface area (Å²) in [6.07, 6.45) is -0.179. The number of hydrogen-bond acceptors (Lipinski definition) is 4. The van der Waals surface area contributed by atoms with Crippen LogP contribution in [0.2, 0.25) is 5.02 Å². The molecular weight excluding hydrogens is 230 g/mol. The monoisotopic (exact) mass is 243 g/mol. The van der Waals surface area contributed by atoms with Crippen molar-refractivity contribution < 1.29 is 14.6 Å². The summed E-state index contributed by atoms with van der Waals surface area (Å²) in [5, 5.41) is 13.4. The molecule has 0 radical (unpaired) electrons. The van der Waals surface area contributed by atoms with Gasteiger partial charge in [-0.1, -0.05) is 11.6 Å². The van der Waals surface area contributed by atoms with Gasteiger partial charge in [0.1, 0.15) is 11.5 Å². The van der Waals surface area contributed by atoms with E-state index in [1.165, 1.54) is 0 Å². The predicted molar refractivity (Wildman–Crippen MR) is 61.2 cm³/mol. The number of methoxy groups -OCH3 is 1. The Morgan fingerprint density at radius 2 is 2.38 bits per heavy atom. The Kier molecular flexibility index (Phi) is 3.53. The number of halogens is 1. The van der Waals surface area contributed by atoms with Crippen LogP contribution in [-0.2, 0) is 4.74 Å². The lowest BCUT2D eigenvalue weighted by atomic mass is 10.1. The zero-order valence-corrected chi connectivity index (χ0v) is 9.75. The Hall–Kier alpha value is -0.970. The normalized spacial score (nSPS) is 20.8. The maximum atomic E-state index is 9.87. The number of benzene rings is 1. The Bertz CT molecular complexity index is 378. The molecule has 1 aromatic carbocycles. The Morgan fingerprint density at radius 3 is 3.00 bits per heavy atom. The van der Waals surface area contributed by atoms with Gasteiger partial charge in [-0.25, -0.2) is 0 Å². The van der Waals surface area contributed by atoms with E-state index >= 15 is 0 Å². The first-order valence-corrected chi connectivity index (χ1v) is 5.49. The molecule has 0 bridgehead atoms. The summed E-state index contributed by atoms with van der Waals surface area (Å²) in [4.78, 5) is 0. The van der Waals surface area contributed by atoms with Gasteiger partial charge >= 0.3 is 0 Å². The summed E-state index contributed by atoms with van der Waals surface area (Å²) in [5.41, 5.74) is 0.663. The first kappa shape index (κ1) is 11.5. The molecule has 0 aromatic heterocycles. The first-order valence-electron chi connectivity index (χ1n) is 5.11. The van der Waals surface area contributed by atoms with Gasteiger partial charge in [-0.05, 0) is 6.07 Å². The van der Waals surface area contributed by atoms with Gasteiger partial charge in [-0.15, -0.1) is 0 Å². The van der Waals surface area contributed by atoms with E-state index < -0.39 is 0 Å². The number of ether oxygens (including phenoxy) is 2. The minimum Gasteiger partial charge on any atom is -0.506 e. The molecule has 2 N–H and O–H groups in total. The molecule has 1 aromatic rings. The second-order valence-corrected chi connectivity index (χ2v) is 4.02. The lowest BCUT2D eigenvalue weighted by Crippen LogP contribution is -2.33. The Morgan fingerprint density at radius 1 is 1.56 bits per heavy atom. The summed E-state index contributed by atoms with van der Waals surface area (Å²) in [6, 6.07) is 3.33. The van der Waals surface area contributed by atoms with Crippen molar-refractivity contribution in [3.05, 3.63) is 22.7 Å². The highest BCUT2D eigenvalue weighted by Crippen LogP contribution is 2.37. The topological polar surface area (TPSA) is 50.7 Å². The third-order valence-electron chi connectivity index (χ3n) is 2.58. The molecule has 1 atom stereocenters. The van der Waals surface area contributed by atoms with Crippen LogP contribution in [0.3, 0.4) is 0 Å². The van der Waals surface area contributed by atoms with Crippen LogP contribution in [0.4, 0.5) is 0 Å². The van der Waals surface area contributed by atoms with Crippen LogP contribution in [0.15, 0.2) is 12.1 Å². The molecule has 4 nitrogen and oxygen atoms in total. The molecule has 0 amide bonds. The predicted octanol–water partition coefficient (Wildman–Crippen LogP) is 1.72. The molecule has 0 aliphatic carbocycles. The van der Waals surface area contributed by atoms with Crippen molar-refractivity contribution >= 4 is 11.6 Å². The van der Waals surface area contributed by atoms with Crippen molar-refractivity contribution in [2.75, 3.05) is 26.8 Å². The fraction of sp³-hybridized carbons (Fsp3) is 0.455. The van der Waals surface area contributed by atoms with E-state index in [2.05, 4.69) is 5.32 Å². The summed E-state index contributed by atoms with van der Waals surface area (Å²) in [5.74, 6) is 0.683. The van der Waals surface area contributed by atoms with E-state index in [9.17, 15) is 5.11 Å². The van der Waals surface area contributed by atoms with Crippen LogP contribution in [0.25, 0.3) is 0 Å². The number of morpholine rings is 1. The highest BCUT2D eigenvalue weighted by Gasteiger charge is 2.21. The van der Waals surface area contributed by atoms with Crippen LogP contribution in [0.5, 0.6) is 11.5 Å². The lowest BCUT2D eigenvalue weighted by Gasteiger charge is -2.25. The van der Waals surface area contributed by atoms with Crippen molar-refractivity contribution in [2.24, 2.45) is 0 Å². The van der Waals surface area contributed by atoms with Crippen molar-refractivity contribution in [1.82, 2.24) is 5.32 Å². The summed E-state index contributed by atoms with van der Waals surface area (Å²) in [6.45, 7) is 2.12.